The number of nitrogens with zero attached hydrogens (tertiary/aromatic N) is 4. The molecular weight excluding hydrogens is 356 g/mol. The highest BCUT2D eigenvalue weighted by atomic mass is 16.5. The van der Waals surface area contributed by atoms with E-state index in [0.29, 0.717) is 17.7 Å². The number of hydrogen-bond acceptors (Lipinski definition) is 6. The molecule has 8 nitrogen and oxygen atoms in total. The van der Waals surface area contributed by atoms with Crippen molar-refractivity contribution in [2.75, 3.05) is 25.4 Å². The number of aromatic nitrogens is 4. The zero-order valence-corrected chi connectivity index (χ0v) is 17.4. The molecule has 1 aliphatic heterocycles. The van der Waals surface area contributed by atoms with Crippen LogP contribution in [0.25, 0.3) is 11.2 Å². The number of aryl methyl sites for hydroxylation is 1. The standard InChI is InChI=1S/C20H34N6O2/c1-4-7-14(3)28-19-23-17(21)16-18(24-19)26(20(27)22-16)11-6-8-15-9-12-25(5-2)13-10-15/h14-15H,4-13H2,1-3H3,(H,22,27)(H2,21,23,24)/t14-/m0/s1. The van der Waals surface area contributed by atoms with Gasteiger partial charge < -0.3 is 20.4 Å². The molecule has 2 aromatic rings. The Labute approximate surface area is 166 Å². The van der Waals surface area contributed by atoms with Gasteiger partial charge in [-0.15, -0.1) is 0 Å². The molecule has 1 fully saturated rings. The summed E-state index contributed by atoms with van der Waals surface area (Å²) in [4.78, 5) is 26.4. The summed E-state index contributed by atoms with van der Waals surface area (Å²) in [6, 6.07) is 0.241. The van der Waals surface area contributed by atoms with E-state index in [4.69, 9.17) is 10.5 Å². The smallest absolute Gasteiger partial charge is 0.327 e. The summed E-state index contributed by atoms with van der Waals surface area (Å²) in [6.45, 7) is 10.5. The number of fused-ring (bicyclic) bond motifs is 1. The molecule has 28 heavy (non-hydrogen) atoms. The maximum atomic E-state index is 12.4. The largest absolute Gasteiger partial charge is 0.460 e. The Bertz CT molecular complexity index is 822. The van der Waals surface area contributed by atoms with E-state index in [1.54, 1.807) is 4.57 Å². The van der Waals surface area contributed by atoms with Crippen LogP contribution in [0.5, 0.6) is 6.01 Å². The molecule has 1 saturated heterocycles. The first-order valence-electron chi connectivity index (χ1n) is 10.7. The van der Waals surface area contributed by atoms with Crippen LogP contribution in [0, 0.1) is 5.92 Å². The fraction of sp³-hybridized carbons (Fsp3) is 0.750. The lowest BCUT2D eigenvalue weighted by Crippen LogP contribution is -2.33. The van der Waals surface area contributed by atoms with Crippen molar-refractivity contribution < 1.29 is 4.74 Å². The SMILES string of the molecule is CCC[C@H](C)Oc1nc(N)c2[nH]c(=O)n(CCCC3CCN(CC)CC3)c2n1. The minimum absolute atomic E-state index is 0.00921. The third kappa shape index (κ3) is 4.84. The van der Waals surface area contributed by atoms with E-state index in [0.717, 1.165) is 38.1 Å². The first-order valence-corrected chi connectivity index (χ1v) is 10.7. The number of nitrogens with two attached hydrogens (primary N) is 1. The third-order valence-corrected chi connectivity index (χ3v) is 5.78. The van der Waals surface area contributed by atoms with Crippen molar-refractivity contribution in [1.29, 1.82) is 0 Å². The minimum Gasteiger partial charge on any atom is -0.460 e. The molecule has 156 valence electrons. The van der Waals surface area contributed by atoms with E-state index in [2.05, 4.69) is 33.7 Å². The zero-order valence-electron chi connectivity index (χ0n) is 17.4. The maximum Gasteiger partial charge on any atom is 0.327 e. The van der Waals surface area contributed by atoms with Crippen LogP contribution < -0.4 is 16.2 Å². The van der Waals surface area contributed by atoms with E-state index in [1.165, 1.54) is 25.9 Å². The topological polar surface area (TPSA) is 102 Å². The van der Waals surface area contributed by atoms with Crippen LogP contribution in [0.3, 0.4) is 0 Å². The van der Waals surface area contributed by atoms with Crippen molar-refractivity contribution in [2.24, 2.45) is 5.92 Å². The Balaban J connectivity index is 1.67. The highest BCUT2D eigenvalue weighted by Gasteiger charge is 2.19. The first-order chi connectivity index (χ1) is 13.5. The molecule has 3 N–H and O–H groups in total. The number of ether oxygens (including phenoxy) is 1. The average Bonchev–Trinajstić information content (AvgIpc) is 2.99. The quantitative estimate of drug-likeness (QED) is 0.683. The van der Waals surface area contributed by atoms with Gasteiger partial charge in [-0.2, -0.15) is 9.97 Å². The molecule has 8 heteroatoms. The molecule has 0 bridgehead atoms. The summed E-state index contributed by atoms with van der Waals surface area (Å²) in [7, 11) is 0. The highest BCUT2D eigenvalue weighted by molar-refractivity contribution is 5.81. The molecule has 3 rings (SSSR count). The van der Waals surface area contributed by atoms with Crippen molar-refractivity contribution in [2.45, 2.75) is 71.9 Å². The van der Waals surface area contributed by atoms with E-state index in [1.807, 2.05) is 6.92 Å². The number of imidazole rings is 1. The second kappa shape index (κ2) is 9.41. The predicted octanol–water partition coefficient (Wildman–Crippen LogP) is 2.78. The number of piperidine rings is 1. The summed E-state index contributed by atoms with van der Waals surface area (Å²) in [6.07, 6.45) is 6.53. The van der Waals surface area contributed by atoms with Crippen molar-refractivity contribution in [3.8, 4) is 6.01 Å². The number of aromatic amines is 1. The normalized spacial score (nSPS) is 17.2. The van der Waals surface area contributed by atoms with Crippen molar-refractivity contribution in [3.05, 3.63) is 10.5 Å². The fourth-order valence-corrected chi connectivity index (χ4v) is 4.07. The summed E-state index contributed by atoms with van der Waals surface area (Å²) in [5.74, 6) is 1.00. The van der Waals surface area contributed by atoms with Crippen molar-refractivity contribution in [3.63, 3.8) is 0 Å². The van der Waals surface area contributed by atoms with Crippen LogP contribution in [-0.4, -0.2) is 50.2 Å². The monoisotopic (exact) mass is 390 g/mol. The van der Waals surface area contributed by atoms with Gasteiger partial charge in [0, 0.05) is 6.54 Å². The lowest BCUT2D eigenvalue weighted by molar-refractivity contribution is 0.184. The lowest BCUT2D eigenvalue weighted by Gasteiger charge is -2.31. The molecule has 0 aromatic carbocycles. The summed E-state index contributed by atoms with van der Waals surface area (Å²) in [5.41, 5.74) is 6.89. The molecule has 1 aliphatic rings. The van der Waals surface area contributed by atoms with Gasteiger partial charge in [-0.05, 0) is 64.6 Å². The number of hydrogen-bond donors (Lipinski definition) is 2. The van der Waals surface area contributed by atoms with Crippen LogP contribution >= 0.6 is 0 Å². The molecule has 0 aliphatic carbocycles. The Kier molecular flexibility index (Phi) is 6.93. The van der Waals surface area contributed by atoms with Crippen LogP contribution in [-0.2, 0) is 6.54 Å². The van der Waals surface area contributed by atoms with Gasteiger partial charge in [-0.3, -0.25) is 4.57 Å². The van der Waals surface area contributed by atoms with Crippen LogP contribution in [0.15, 0.2) is 4.79 Å². The Hall–Kier alpha value is -2.09. The van der Waals surface area contributed by atoms with E-state index in [-0.39, 0.29) is 23.6 Å². The lowest BCUT2D eigenvalue weighted by atomic mass is 9.92. The molecule has 1 atom stereocenters. The van der Waals surface area contributed by atoms with Gasteiger partial charge in [0.15, 0.2) is 11.5 Å². The minimum atomic E-state index is -0.185. The number of likely N-dealkylation sites (tertiary alicyclic amines) is 1. The summed E-state index contributed by atoms with van der Waals surface area (Å²) in [5, 5.41) is 0. The molecular formula is C20H34N6O2. The van der Waals surface area contributed by atoms with E-state index >= 15 is 0 Å². The van der Waals surface area contributed by atoms with Crippen LogP contribution in [0.1, 0.15) is 59.3 Å². The van der Waals surface area contributed by atoms with Crippen molar-refractivity contribution in [1.82, 2.24) is 24.4 Å². The molecule has 0 spiro atoms. The molecule has 0 amide bonds. The number of nitrogens with one attached hydrogen (secondary N) is 1. The van der Waals surface area contributed by atoms with Crippen LogP contribution in [0.2, 0.25) is 0 Å². The fourth-order valence-electron chi connectivity index (χ4n) is 4.07. The molecule has 3 heterocycles. The van der Waals surface area contributed by atoms with Gasteiger partial charge in [0.25, 0.3) is 0 Å². The average molecular weight is 391 g/mol. The summed E-state index contributed by atoms with van der Waals surface area (Å²) >= 11 is 0. The maximum absolute atomic E-state index is 12.4. The van der Waals surface area contributed by atoms with Crippen LogP contribution in [0.4, 0.5) is 5.82 Å². The molecule has 2 aromatic heterocycles. The van der Waals surface area contributed by atoms with E-state index in [9.17, 15) is 4.79 Å². The van der Waals surface area contributed by atoms with Gasteiger partial charge in [0.1, 0.15) is 5.52 Å². The molecule has 0 unspecified atom stereocenters. The summed E-state index contributed by atoms with van der Waals surface area (Å²) < 4.78 is 7.46. The Morgan fingerprint density at radius 3 is 2.71 bits per heavy atom. The van der Waals surface area contributed by atoms with Gasteiger partial charge in [0.05, 0.1) is 6.10 Å². The van der Waals surface area contributed by atoms with Gasteiger partial charge >= 0.3 is 11.7 Å². The van der Waals surface area contributed by atoms with Gasteiger partial charge in [0.2, 0.25) is 0 Å². The number of H-pyrrole nitrogens is 1. The zero-order chi connectivity index (χ0) is 20.1. The van der Waals surface area contributed by atoms with Crippen molar-refractivity contribution >= 4 is 17.0 Å². The number of nitrogen functional groups attached to an aromatic ring is 1. The van der Waals surface area contributed by atoms with Gasteiger partial charge in [-0.25, -0.2) is 4.79 Å². The first kappa shape index (κ1) is 20.6. The molecule has 0 saturated carbocycles. The Morgan fingerprint density at radius 2 is 2.04 bits per heavy atom. The second-order valence-corrected chi connectivity index (χ2v) is 7.91. The molecule has 0 radical (unpaired) electrons. The third-order valence-electron chi connectivity index (χ3n) is 5.78. The van der Waals surface area contributed by atoms with E-state index < -0.39 is 0 Å². The van der Waals surface area contributed by atoms with Gasteiger partial charge in [-0.1, -0.05) is 20.3 Å². The highest BCUT2D eigenvalue weighted by Crippen LogP contribution is 2.23. The number of rotatable bonds is 9. The Morgan fingerprint density at radius 1 is 1.29 bits per heavy atom. The predicted molar refractivity (Wildman–Crippen MR) is 112 cm³/mol. The number of anilines is 1. The second-order valence-electron chi connectivity index (χ2n) is 7.91.